The van der Waals surface area contributed by atoms with Crippen LogP contribution in [0.3, 0.4) is 0 Å². The molecule has 0 saturated carbocycles. The Morgan fingerprint density at radius 2 is 1.93 bits per heavy atom. The van der Waals surface area contributed by atoms with Crippen molar-refractivity contribution >= 4 is 5.91 Å². The van der Waals surface area contributed by atoms with Gasteiger partial charge in [0, 0.05) is 44.8 Å². The summed E-state index contributed by atoms with van der Waals surface area (Å²) in [5, 5.41) is 4.28. The monoisotopic (exact) mass is 410 g/mol. The molecule has 4 rings (SSSR count). The van der Waals surface area contributed by atoms with Gasteiger partial charge in [0.2, 0.25) is 5.91 Å². The summed E-state index contributed by atoms with van der Waals surface area (Å²) in [7, 11) is 0. The molecule has 2 fully saturated rings. The molecule has 2 atom stereocenters. The number of aryl methyl sites for hydroxylation is 2. The molecule has 2 saturated heterocycles. The summed E-state index contributed by atoms with van der Waals surface area (Å²) in [6.07, 6.45) is 6.69. The number of para-hydroxylation sites is 1. The highest BCUT2D eigenvalue weighted by Gasteiger charge is 2.47. The van der Waals surface area contributed by atoms with E-state index in [1.165, 1.54) is 0 Å². The van der Waals surface area contributed by atoms with E-state index in [0.717, 1.165) is 43.8 Å². The molecule has 162 valence electrons. The minimum atomic E-state index is 0.241. The molecule has 0 radical (unpaired) electrons. The van der Waals surface area contributed by atoms with E-state index in [4.69, 9.17) is 4.74 Å². The number of amides is 1. The molecule has 2 aromatic rings. The zero-order chi connectivity index (χ0) is 21.1. The van der Waals surface area contributed by atoms with Crippen LogP contribution in [0, 0.1) is 12.8 Å². The van der Waals surface area contributed by atoms with Crippen LogP contribution in [-0.4, -0.2) is 63.3 Å². The second kappa shape index (κ2) is 9.21. The number of hydrogen-bond acceptors (Lipinski definition) is 4. The van der Waals surface area contributed by atoms with E-state index in [1.54, 1.807) is 0 Å². The molecule has 0 bridgehead atoms. The van der Waals surface area contributed by atoms with Crippen LogP contribution in [0.25, 0.3) is 0 Å². The van der Waals surface area contributed by atoms with Gasteiger partial charge in [0.05, 0.1) is 12.2 Å². The van der Waals surface area contributed by atoms with Crippen LogP contribution in [0.5, 0.6) is 5.75 Å². The summed E-state index contributed by atoms with van der Waals surface area (Å²) in [6, 6.07) is 11.1. The van der Waals surface area contributed by atoms with Crippen LogP contribution in [0.4, 0.5) is 0 Å². The van der Waals surface area contributed by atoms with Crippen LogP contribution in [0.2, 0.25) is 0 Å². The third kappa shape index (κ3) is 4.69. The second-order valence-electron chi connectivity index (χ2n) is 9.00. The minimum absolute atomic E-state index is 0.241. The van der Waals surface area contributed by atoms with Crippen molar-refractivity contribution in [2.24, 2.45) is 5.92 Å². The first-order valence-corrected chi connectivity index (χ1v) is 11.3. The smallest absolute Gasteiger partial charge is 0.224 e. The average Bonchev–Trinajstić information content (AvgIpc) is 3.15. The van der Waals surface area contributed by atoms with E-state index < -0.39 is 0 Å². The van der Waals surface area contributed by atoms with Crippen molar-refractivity contribution in [2.45, 2.75) is 64.8 Å². The van der Waals surface area contributed by atoms with E-state index in [2.05, 4.69) is 23.8 Å². The summed E-state index contributed by atoms with van der Waals surface area (Å²) in [5.74, 6) is 1.78. The van der Waals surface area contributed by atoms with Crippen molar-refractivity contribution in [3.8, 4) is 5.75 Å². The zero-order valence-electron chi connectivity index (χ0n) is 18.4. The molecule has 1 aromatic carbocycles. The Kier molecular flexibility index (Phi) is 6.42. The fraction of sp³-hybridized carbons (Fsp3) is 0.583. The molecule has 0 unspecified atom stereocenters. The van der Waals surface area contributed by atoms with Gasteiger partial charge in [0.1, 0.15) is 11.9 Å². The van der Waals surface area contributed by atoms with Gasteiger partial charge >= 0.3 is 0 Å². The Bertz CT molecular complexity index is 827. The number of benzene rings is 1. The first kappa shape index (κ1) is 20.9. The fourth-order valence-electron chi connectivity index (χ4n) is 4.87. The van der Waals surface area contributed by atoms with Crippen molar-refractivity contribution in [1.82, 2.24) is 19.6 Å². The van der Waals surface area contributed by atoms with Gasteiger partial charge in [-0.15, -0.1) is 0 Å². The van der Waals surface area contributed by atoms with Crippen molar-refractivity contribution < 1.29 is 9.53 Å². The maximum atomic E-state index is 12.7. The molecule has 2 aliphatic rings. The first-order valence-electron chi connectivity index (χ1n) is 11.3. The third-order valence-corrected chi connectivity index (χ3v) is 6.54. The lowest BCUT2D eigenvalue weighted by Gasteiger charge is -2.54. The van der Waals surface area contributed by atoms with Crippen LogP contribution in [0.15, 0.2) is 42.7 Å². The van der Waals surface area contributed by atoms with Gasteiger partial charge in [-0.05, 0) is 57.2 Å². The summed E-state index contributed by atoms with van der Waals surface area (Å²) >= 11 is 0. The molecule has 0 N–H and O–H groups in total. The maximum absolute atomic E-state index is 12.7. The van der Waals surface area contributed by atoms with E-state index in [0.29, 0.717) is 31.0 Å². The molecule has 0 aliphatic carbocycles. The topological polar surface area (TPSA) is 50.6 Å². The number of rotatable bonds is 7. The summed E-state index contributed by atoms with van der Waals surface area (Å²) < 4.78 is 8.19. The zero-order valence-corrected chi connectivity index (χ0v) is 18.4. The fourth-order valence-corrected chi connectivity index (χ4v) is 4.87. The van der Waals surface area contributed by atoms with Gasteiger partial charge in [-0.3, -0.25) is 14.4 Å². The Morgan fingerprint density at radius 3 is 2.57 bits per heavy atom. The number of carbonyl (C=O) groups is 1. The van der Waals surface area contributed by atoms with Crippen LogP contribution < -0.4 is 4.74 Å². The van der Waals surface area contributed by atoms with Crippen molar-refractivity contribution in [3.63, 3.8) is 0 Å². The first-order chi connectivity index (χ1) is 14.5. The van der Waals surface area contributed by atoms with E-state index >= 15 is 0 Å². The van der Waals surface area contributed by atoms with E-state index in [1.807, 2.05) is 59.2 Å². The molecule has 0 spiro atoms. The SMILES string of the molecule is Cc1cnn(CCC(=O)N2CCC([C@H]3[C@@H](Oc4ccccc4)CN3C(C)C)CC2)c1. The maximum Gasteiger partial charge on any atom is 0.224 e. The Hall–Kier alpha value is -2.34. The Labute approximate surface area is 179 Å². The van der Waals surface area contributed by atoms with Crippen molar-refractivity contribution in [1.29, 1.82) is 0 Å². The quantitative estimate of drug-likeness (QED) is 0.702. The Morgan fingerprint density at radius 1 is 1.20 bits per heavy atom. The number of hydrogen-bond donors (Lipinski definition) is 0. The average molecular weight is 411 g/mol. The second-order valence-corrected chi connectivity index (χ2v) is 9.00. The Balaban J connectivity index is 1.30. The van der Waals surface area contributed by atoms with Gasteiger partial charge in [-0.25, -0.2) is 0 Å². The highest BCUT2D eigenvalue weighted by Crippen LogP contribution is 2.36. The number of likely N-dealkylation sites (tertiary alicyclic amines) is 2. The number of ether oxygens (including phenoxy) is 1. The van der Waals surface area contributed by atoms with E-state index in [-0.39, 0.29) is 12.0 Å². The van der Waals surface area contributed by atoms with Crippen LogP contribution in [0.1, 0.15) is 38.7 Å². The van der Waals surface area contributed by atoms with Crippen molar-refractivity contribution in [2.75, 3.05) is 19.6 Å². The lowest BCUT2D eigenvalue weighted by Crippen LogP contribution is -2.68. The third-order valence-electron chi connectivity index (χ3n) is 6.54. The molecule has 1 aromatic heterocycles. The largest absolute Gasteiger partial charge is 0.487 e. The molecule has 1 amide bonds. The lowest BCUT2D eigenvalue weighted by molar-refractivity contribution is -0.135. The van der Waals surface area contributed by atoms with Crippen molar-refractivity contribution in [3.05, 3.63) is 48.3 Å². The minimum Gasteiger partial charge on any atom is -0.487 e. The van der Waals surface area contributed by atoms with Gasteiger partial charge < -0.3 is 9.64 Å². The molecule has 3 heterocycles. The van der Waals surface area contributed by atoms with Gasteiger partial charge in [0.25, 0.3) is 0 Å². The highest BCUT2D eigenvalue weighted by atomic mass is 16.5. The summed E-state index contributed by atoms with van der Waals surface area (Å²) in [6.45, 7) is 9.89. The normalized spacial score (nSPS) is 22.9. The summed E-state index contributed by atoms with van der Waals surface area (Å²) in [4.78, 5) is 17.3. The molecule has 30 heavy (non-hydrogen) atoms. The summed E-state index contributed by atoms with van der Waals surface area (Å²) in [5.41, 5.74) is 1.13. The molecule has 6 nitrogen and oxygen atoms in total. The highest BCUT2D eigenvalue weighted by molar-refractivity contribution is 5.76. The molecule has 2 aliphatic heterocycles. The predicted molar refractivity (Wildman–Crippen MR) is 117 cm³/mol. The molecular formula is C24H34N4O2. The number of carbonyl (C=O) groups excluding carboxylic acids is 1. The van der Waals surface area contributed by atoms with Gasteiger partial charge in [-0.1, -0.05) is 18.2 Å². The van der Waals surface area contributed by atoms with Crippen LogP contribution >= 0.6 is 0 Å². The van der Waals surface area contributed by atoms with E-state index in [9.17, 15) is 4.79 Å². The lowest BCUT2D eigenvalue weighted by atomic mass is 9.79. The standard InChI is InChI=1S/C24H34N4O2/c1-18(2)28-17-22(30-21-7-5-4-6-8-21)24(28)20-9-12-26(13-10-20)23(29)11-14-27-16-19(3)15-25-27/h4-8,15-16,18,20,22,24H,9-14,17H2,1-3H3/t22-,24-/m0/s1. The molecule has 6 heteroatoms. The van der Waals surface area contributed by atoms with Gasteiger partial charge in [0.15, 0.2) is 0 Å². The molecular weight excluding hydrogens is 376 g/mol. The predicted octanol–water partition coefficient (Wildman–Crippen LogP) is 3.36. The van der Waals surface area contributed by atoms with Gasteiger partial charge in [-0.2, -0.15) is 5.10 Å². The number of aromatic nitrogens is 2. The van der Waals surface area contributed by atoms with Crippen LogP contribution in [-0.2, 0) is 11.3 Å². The number of piperidine rings is 1. The number of nitrogens with zero attached hydrogens (tertiary/aromatic N) is 4.